The normalized spacial score (nSPS) is 29.7. The van der Waals surface area contributed by atoms with Gasteiger partial charge in [0, 0.05) is 0 Å². The first-order valence-corrected chi connectivity index (χ1v) is 6.84. The van der Waals surface area contributed by atoms with Crippen LogP contribution in [0, 0.1) is 22.7 Å². The summed E-state index contributed by atoms with van der Waals surface area (Å²) in [5.41, 5.74) is -0.651. The third-order valence-electron chi connectivity index (χ3n) is 4.25. The number of hydrogen-bond acceptors (Lipinski definition) is 3. The number of nitriles is 1. The lowest BCUT2D eigenvalue weighted by Gasteiger charge is -2.37. The van der Waals surface area contributed by atoms with E-state index < -0.39 is 11.5 Å². The van der Waals surface area contributed by atoms with Crippen molar-refractivity contribution >= 4 is 0 Å². The second-order valence-electron chi connectivity index (χ2n) is 5.42. The molecule has 2 rings (SSSR count). The average Bonchev–Trinajstić information content (AvgIpc) is 2.93. The fourth-order valence-corrected chi connectivity index (χ4v) is 3.06. The Labute approximate surface area is 108 Å². The zero-order valence-electron chi connectivity index (χ0n) is 10.9. The predicted octanol–water partition coefficient (Wildman–Crippen LogP) is 3.81. The molecule has 1 aromatic rings. The van der Waals surface area contributed by atoms with Crippen molar-refractivity contribution in [2.75, 3.05) is 0 Å². The van der Waals surface area contributed by atoms with Gasteiger partial charge in [-0.2, -0.15) is 5.26 Å². The zero-order chi connectivity index (χ0) is 13.0. The van der Waals surface area contributed by atoms with Crippen LogP contribution in [0.1, 0.15) is 57.3 Å². The van der Waals surface area contributed by atoms with Gasteiger partial charge in [-0.15, -0.1) is 0 Å². The molecule has 3 heteroatoms. The summed E-state index contributed by atoms with van der Waals surface area (Å²) in [6.07, 6.45) is 6.82. The Bertz CT molecular complexity index is 397. The topological polar surface area (TPSA) is 57.2 Å². The lowest BCUT2D eigenvalue weighted by Crippen LogP contribution is -2.32. The van der Waals surface area contributed by atoms with Crippen LogP contribution < -0.4 is 0 Å². The monoisotopic (exact) mass is 247 g/mol. The molecule has 3 nitrogen and oxygen atoms in total. The summed E-state index contributed by atoms with van der Waals surface area (Å²) < 4.78 is 5.25. The molecule has 0 aromatic carbocycles. The van der Waals surface area contributed by atoms with Crippen LogP contribution in [0.15, 0.2) is 22.8 Å². The van der Waals surface area contributed by atoms with Crippen molar-refractivity contribution in [3.8, 4) is 6.07 Å². The van der Waals surface area contributed by atoms with Gasteiger partial charge in [-0.25, -0.2) is 0 Å². The fraction of sp³-hybridized carbons (Fsp3) is 0.667. The SMILES string of the molecule is CCCC1CCC(C#N)(C(O)c2ccco2)CC1. The van der Waals surface area contributed by atoms with E-state index in [4.69, 9.17) is 4.42 Å². The summed E-state index contributed by atoms with van der Waals surface area (Å²) in [6.45, 7) is 2.20. The van der Waals surface area contributed by atoms with Crippen LogP contribution in [0.5, 0.6) is 0 Å². The molecule has 98 valence electrons. The van der Waals surface area contributed by atoms with E-state index in [0.717, 1.165) is 31.6 Å². The van der Waals surface area contributed by atoms with Gasteiger partial charge in [0.2, 0.25) is 0 Å². The van der Waals surface area contributed by atoms with Gasteiger partial charge in [-0.1, -0.05) is 19.8 Å². The van der Waals surface area contributed by atoms with E-state index in [1.807, 2.05) is 0 Å². The maximum absolute atomic E-state index is 10.4. The molecule has 1 saturated carbocycles. The highest BCUT2D eigenvalue weighted by atomic mass is 16.4. The number of nitrogens with zero attached hydrogens (tertiary/aromatic N) is 1. The Morgan fingerprint density at radius 3 is 2.78 bits per heavy atom. The average molecular weight is 247 g/mol. The molecule has 1 aliphatic carbocycles. The molecule has 0 amide bonds. The van der Waals surface area contributed by atoms with Crippen molar-refractivity contribution in [3.63, 3.8) is 0 Å². The van der Waals surface area contributed by atoms with Gasteiger partial charge in [-0.3, -0.25) is 0 Å². The minimum atomic E-state index is -0.792. The Hall–Kier alpha value is -1.27. The van der Waals surface area contributed by atoms with Crippen LogP contribution >= 0.6 is 0 Å². The van der Waals surface area contributed by atoms with Crippen molar-refractivity contribution in [2.45, 2.75) is 51.6 Å². The Balaban J connectivity index is 2.07. The Morgan fingerprint density at radius 1 is 1.56 bits per heavy atom. The largest absolute Gasteiger partial charge is 0.467 e. The molecule has 0 aliphatic heterocycles. The molecule has 1 fully saturated rings. The highest BCUT2D eigenvalue weighted by Gasteiger charge is 2.43. The highest BCUT2D eigenvalue weighted by molar-refractivity contribution is 5.14. The smallest absolute Gasteiger partial charge is 0.133 e. The number of aliphatic hydroxyl groups is 1. The van der Waals surface area contributed by atoms with Crippen molar-refractivity contribution in [1.29, 1.82) is 5.26 Å². The van der Waals surface area contributed by atoms with Crippen LogP contribution in [0.3, 0.4) is 0 Å². The van der Waals surface area contributed by atoms with Crippen molar-refractivity contribution in [2.24, 2.45) is 11.3 Å². The molecule has 1 N–H and O–H groups in total. The molecule has 0 radical (unpaired) electrons. The van der Waals surface area contributed by atoms with Gasteiger partial charge in [0.05, 0.1) is 17.7 Å². The van der Waals surface area contributed by atoms with E-state index >= 15 is 0 Å². The minimum absolute atomic E-state index is 0.519. The molecule has 1 atom stereocenters. The standard InChI is InChI=1S/C15H21NO2/c1-2-4-12-6-8-15(11-16,9-7-12)14(17)13-5-3-10-18-13/h3,5,10,12,14,17H,2,4,6-9H2,1H3. The van der Waals surface area contributed by atoms with E-state index in [0.29, 0.717) is 5.76 Å². The first-order valence-electron chi connectivity index (χ1n) is 6.84. The lowest BCUT2D eigenvalue weighted by atomic mass is 9.67. The number of aliphatic hydroxyl groups excluding tert-OH is 1. The molecule has 1 aliphatic rings. The summed E-state index contributed by atoms with van der Waals surface area (Å²) in [5.74, 6) is 1.24. The van der Waals surface area contributed by atoms with E-state index in [1.165, 1.54) is 12.8 Å². The maximum Gasteiger partial charge on any atom is 0.133 e. The van der Waals surface area contributed by atoms with Gasteiger partial charge >= 0.3 is 0 Å². The van der Waals surface area contributed by atoms with Crippen LogP contribution in [-0.2, 0) is 0 Å². The van der Waals surface area contributed by atoms with Crippen molar-refractivity contribution < 1.29 is 9.52 Å². The van der Waals surface area contributed by atoms with Crippen LogP contribution in [-0.4, -0.2) is 5.11 Å². The number of rotatable bonds is 4. The summed E-state index contributed by atoms with van der Waals surface area (Å²) in [5, 5.41) is 19.9. The molecule has 1 aromatic heterocycles. The highest BCUT2D eigenvalue weighted by Crippen LogP contribution is 2.47. The van der Waals surface area contributed by atoms with Crippen LogP contribution in [0.2, 0.25) is 0 Å². The molecular weight excluding hydrogens is 226 g/mol. The quantitative estimate of drug-likeness (QED) is 0.880. The summed E-state index contributed by atoms with van der Waals surface area (Å²) in [4.78, 5) is 0. The lowest BCUT2D eigenvalue weighted by molar-refractivity contribution is 0.00908. The molecule has 1 unspecified atom stereocenters. The number of hydrogen-bond donors (Lipinski definition) is 1. The molecular formula is C15H21NO2. The van der Waals surface area contributed by atoms with E-state index in [2.05, 4.69) is 13.0 Å². The van der Waals surface area contributed by atoms with Gasteiger partial charge in [0.1, 0.15) is 11.9 Å². The fourth-order valence-electron chi connectivity index (χ4n) is 3.06. The molecule has 18 heavy (non-hydrogen) atoms. The molecule has 1 heterocycles. The zero-order valence-corrected chi connectivity index (χ0v) is 10.9. The Morgan fingerprint density at radius 2 is 2.28 bits per heavy atom. The summed E-state index contributed by atoms with van der Waals surface area (Å²) in [6, 6.07) is 5.87. The molecule has 0 spiro atoms. The number of furan rings is 1. The second-order valence-corrected chi connectivity index (χ2v) is 5.42. The van der Waals surface area contributed by atoms with Crippen molar-refractivity contribution in [3.05, 3.63) is 24.2 Å². The van der Waals surface area contributed by atoms with Gasteiger partial charge in [0.15, 0.2) is 0 Å². The van der Waals surface area contributed by atoms with Gasteiger partial charge in [0.25, 0.3) is 0 Å². The van der Waals surface area contributed by atoms with E-state index in [-0.39, 0.29) is 0 Å². The van der Waals surface area contributed by atoms with E-state index in [1.54, 1.807) is 18.4 Å². The van der Waals surface area contributed by atoms with Gasteiger partial charge < -0.3 is 9.52 Å². The third kappa shape index (κ3) is 2.44. The first-order chi connectivity index (χ1) is 8.72. The minimum Gasteiger partial charge on any atom is -0.467 e. The Kier molecular flexibility index (Phi) is 4.08. The van der Waals surface area contributed by atoms with Crippen molar-refractivity contribution in [1.82, 2.24) is 0 Å². The van der Waals surface area contributed by atoms with Crippen LogP contribution in [0.25, 0.3) is 0 Å². The maximum atomic E-state index is 10.4. The predicted molar refractivity (Wildman–Crippen MR) is 68.6 cm³/mol. The van der Waals surface area contributed by atoms with Crippen LogP contribution in [0.4, 0.5) is 0 Å². The molecule has 0 saturated heterocycles. The summed E-state index contributed by atoms with van der Waals surface area (Å²) >= 11 is 0. The van der Waals surface area contributed by atoms with Gasteiger partial charge in [-0.05, 0) is 43.7 Å². The first kappa shape index (κ1) is 13.2. The summed E-state index contributed by atoms with van der Waals surface area (Å²) in [7, 11) is 0. The third-order valence-corrected chi connectivity index (χ3v) is 4.25. The molecule has 0 bridgehead atoms. The second kappa shape index (κ2) is 5.58. The van der Waals surface area contributed by atoms with E-state index in [9.17, 15) is 10.4 Å².